The van der Waals surface area contributed by atoms with Crippen LogP contribution in [0.4, 0.5) is 0 Å². The van der Waals surface area contributed by atoms with Crippen LogP contribution in [0.2, 0.25) is 0 Å². The number of rotatable bonds is 8. The minimum absolute atomic E-state index is 0. The third-order valence-corrected chi connectivity index (χ3v) is 4.99. The summed E-state index contributed by atoms with van der Waals surface area (Å²) in [5.74, 6) is 1.53. The highest BCUT2D eigenvalue weighted by Crippen LogP contribution is 2.15. The van der Waals surface area contributed by atoms with Crippen LogP contribution in [0.5, 0.6) is 0 Å². The second-order valence-corrected chi connectivity index (χ2v) is 7.04. The van der Waals surface area contributed by atoms with Crippen molar-refractivity contribution >= 4 is 29.9 Å². The molecule has 0 bridgehead atoms. The normalized spacial score (nSPS) is 24.0. The minimum Gasteiger partial charge on any atom is -0.379 e. The van der Waals surface area contributed by atoms with Gasteiger partial charge in [0.1, 0.15) is 0 Å². The van der Waals surface area contributed by atoms with Gasteiger partial charge >= 0.3 is 0 Å². The number of nitrogens with zero attached hydrogens (tertiary/aromatic N) is 3. The number of hydrogen-bond donors (Lipinski definition) is 2. The molecule has 0 aromatic rings. The van der Waals surface area contributed by atoms with Crippen molar-refractivity contribution in [2.24, 2.45) is 10.9 Å². The zero-order chi connectivity index (χ0) is 17.2. The van der Waals surface area contributed by atoms with Crippen LogP contribution in [0.25, 0.3) is 0 Å². The van der Waals surface area contributed by atoms with E-state index in [0.29, 0.717) is 12.0 Å². The molecule has 0 radical (unpaired) electrons. The summed E-state index contributed by atoms with van der Waals surface area (Å²) in [5.41, 5.74) is 0. The van der Waals surface area contributed by atoms with Crippen LogP contribution in [-0.4, -0.2) is 87.4 Å². The van der Waals surface area contributed by atoms with Gasteiger partial charge in [-0.1, -0.05) is 13.8 Å². The Morgan fingerprint density at radius 1 is 1.20 bits per heavy atom. The lowest BCUT2D eigenvalue weighted by Gasteiger charge is -2.28. The van der Waals surface area contributed by atoms with E-state index in [1.165, 1.54) is 19.4 Å². The number of morpholine rings is 1. The molecule has 25 heavy (non-hydrogen) atoms. The number of nitrogens with one attached hydrogen (secondary N) is 2. The lowest BCUT2D eigenvalue weighted by Crippen LogP contribution is -2.45. The van der Waals surface area contributed by atoms with E-state index in [4.69, 9.17) is 9.73 Å². The molecule has 2 N–H and O–H groups in total. The van der Waals surface area contributed by atoms with Gasteiger partial charge in [-0.05, 0) is 38.8 Å². The zero-order valence-corrected chi connectivity index (χ0v) is 18.6. The van der Waals surface area contributed by atoms with Crippen molar-refractivity contribution in [3.63, 3.8) is 0 Å². The first-order valence-corrected chi connectivity index (χ1v) is 9.79. The van der Waals surface area contributed by atoms with Gasteiger partial charge in [-0.3, -0.25) is 14.8 Å². The van der Waals surface area contributed by atoms with E-state index in [-0.39, 0.29) is 24.0 Å². The first-order valence-electron chi connectivity index (χ1n) is 9.79. The van der Waals surface area contributed by atoms with E-state index in [0.717, 1.165) is 65.0 Å². The molecule has 7 heteroatoms. The SMILES string of the molecule is CCNC(=NCC(C)CN1CCOCC1)NCC1CCCN1CC.I. The van der Waals surface area contributed by atoms with Gasteiger partial charge in [-0.2, -0.15) is 0 Å². The van der Waals surface area contributed by atoms with Crippen molar-refractivity contribution in [3.05, 3.63) is 0 Å². The molecule has 0 aromatic carbocycles. The van der Waals surface area contributed by atoms with E-state index >= 15 is 0 Å². The molecule has 0 saturated carbocycles. The van der Waals surface area contributed by atoms with Gasteiger partial charge in [0.2, 0.25) is 0 Å². The summed E-state index contributed by atoms with van der Waals surface area (Å²) in [4.78, 5) is 9.86. The smallest absolute Gasteiger partial charge is 0.191 e. The molecule has 2 aliphatic rings. The van der Waals surface area contributed by atoms with Crippen LogP contribution in [0.15, 0.2) is 4.99 Å². The summed E-state index contributed by atoms with van der Waals surface area (Å²) in [6.45, 7) is 16.8. The highest BCUT2D eigenvalue weighted by Gasteiger charge is 2.22. The molecule has 0 aliphatic carbocycles. The number of guanidine groups is 1. The zero-order valence-electron chi connectivity index (χ0n) is 16.3. The molecular weight excluding hydrogens is 429 g/mol. The summed E-state index contributed by atoms with van der Waals surface area (Å²) in [5, 5.41) is 6.93. The average molecular weight is 467 g/mol. The highest BCUT2D eigenvalue weighted by molar-refractivity contribution is 14.0. The van der Waals surface area contributed by atoms with Gasteiger partial charge in [0, 0.05) is 45.3 Å². The lowest BCUT2D eigenvalue weighted by atomic mass is 10.1. The molecular formula is C18H38IN5O. The molecule has 0 spiro atoms. The summed E-state index contributed by atoms with van der Waals surface area (Å²) >= 11 is 0. The summed E-state index contributed by atoms with van der Waals surface area (Å²) in [6, 6.07) is 0.657. The molecule has 6 nitrogen and oxygen atoms in total. The molecule has 2 rings (SSSR count). The molecule has 148 valence electrons. The van der Waals surface area contributed by atoms with Crippen LogP contribution < -0.4 is 10.6 Å². The quantitative estimate of drug-likeness (QED) is 0.323. The minimum atomic E-state index is 0. The van der Waals surface area contributed by atoms with Crippen molar-refractivity contribution in [2.45, 2.75) is 39.7 Å². The molecule has 0 amide bonds. The van der Waals surface area contributed by atoms with Crippen molar-refractivity contribution in [3.8, 4) is 0 Å². The summed E-state index contributed by atoms with van der Waals surface area (Å²) < 4.78 is 5.42. The van der Waals surface area contributed by atoms with Gasteiger partial charge in [0.05, 0.1) is 13.2 Å². The van der Waals surface area contributed by atoms with Gasteiger partial charge in [0.15, 0.2) is 5.96 Å². The van der Waals surface area contributed by atoms with E-state index < -0.39 is 0 Å². The Bertz CT molecular complexity index is 376. The fourth-order valence-electron chi connectivity index (χ4n) is 3.63. The Kier molecular flexibility index (Phi) is 12.0. The third kappa shape index (κ3) is 8.41. The fraction of sp³-hybridized carbons (Fsp3) is 0.944. The first-order chi connectivity index (χ1) is 11.7. The van der Waals surface area contributed by atoms with Crippen LogP contribution in [-0.2, 0) is 4.74 Å². The maximum Gasteiger partial charge on any atom is 0.191 e. The Hall–Kier alpha value is -0.120. The fourth-order valence-corrected chi connectivity index (χ4v) is 3.63. The second kappa shape index (κ2) is 13.1. The molecule has 2 fully saturated rings. The van der Waals surface area contributed by atoms with Crippen LogP contribution in [0, 0.1) is 5.92 Å². The first kappa shape index (κ1) is 22.9. The van der Waals surface area contributed by atoms with Crippen molar-refractivity contribution in [1.29, 1.82) is 0 Å². The maximum atomic E-state index is 5.42. The second-order valence-electron chi connectivity index (χ2n) is 7.04. The number of hydrogen-bond acceptors (Lipinski definition) is 4. The van der Waals surface area contributed by atoms with E-state index in [9.17, 15) is 0 Å². The Morgan fingerprint density at radius 3 is 2.64 bits per heavy atom. The van der Waals surface area contributed by atoms with Crippen molar-refractivity contribution in [1.82, 2.24) is 20.4 Å². The van der Waals surface area contributed by atoms with Crippen LogP contribution >= 0.6 is 24.0 Å². The molecule has 2 saturated heterocycles. The van der Waals surface area contributed by atoms with Gasteiger partial charge in [0.25, 0.3) is 0 Å². The Balaban J connectivity index is 0.00000312. The average Bonchev–Trinajstić information content (AvgIpc) is 3.06. The summed E-state index contributed by atoms with van der Waals surface area (Å²) in [6.07, 6.45) is 2.62. The van der Waals surface area contributed by atoms with E-state index in [2.05, 4.69) is 41.2 Å². The number of likely N-dealkylation sites (tertiary alicyclic amines) is 1. The van der Waals surface area contributed by atoms with Crippen LogP contribution in [0.3, 0.4) is 0 Å². The van der Waals surface area contributed by atoms with Crippen LogP contribution in [0.1, 0.15) is 33.6 Å². The molecule has 2 atom stereocenters. The molecule has 2 aliphatic heterocycles. The van der Waals surface area contributed by atoms with Gasteiger partial charge < -0.3 is 15.4 Å². The lowest BCUT2D eigenvalue weighted by molar-refractivity contribution is 0.0323. The van der Waals surface area contributed by atoms with Gasteiger partial charge in [-0.25, -0.2) is 0 Å². The predicted octanol–water partition coefficient (Wildman–Crippen LogP) is 1.61. The Morgan fingerprint density at radius 2 is 1.96 bits per heavy atom. The Labute approximate surface area is 171 Å². The van der Waals surface area contributed by atoms with Gasteiger partial charge in [-0.15, -0.1) is 24.0 Å². The number of ether oxygens (including phenoxy) is 1. The third-order valence-electron chi connectivity index (χ3n) is 4.99. The molecule has 2 heterocycles. The standard InChI is InChI=1S/C18H37N5O.HI/c1-4-19-18(21-14-17-7-6-8-23(17)5-2)20-13-16(3)15-22-9-11-24-12-10-22;/h16-17H,4-15H2,1-3H3,(H2,19,20,21);1H. The topological polar surface area (TPSA) is 52.1 Å². The van der Waals surface area contributed by atoms with E-state index in [1.807, 2.05) is 0 Å². The maximum absolute atomic E-state index is 5.42. The molecule has 2 unspecified atom stereocenters. The van der Waals surface area contributed by atoms with Crippen molar-refractivity contribution < 1.29 is 4.74 Å². The van der Waals surface area contributed by atoms with Crippen molar-refractivity contribution in [2.75, 3.05) is 65.6 Å². The number of likely N-dealkylation sites (N-methyl/N-ethyl adjacent to an activating group) is 1. The highest BCUT2D eigenvalue weighted by atomic mass is 127. The monoisotopic (exact) mass is 467 g/mol. The molecule has 0 aromatic heterocycles. The number of aliphatic imine (C=N–C) groups is 1. The largest absolute Gasteiger partial charge is 0.379 e. The summed E-state index contributed by atoms with van der Waals surface area (Å²) in [7, 11) is 0. The number of halogens is 1. The van der Waals surface area contributed by atoms with E-state index in [1.54, 1.807) is 0 Å². The predicted molar refractivity (Wildman–Crippen MR) is 116 cm³/mol.